The van der Waals surface area contributed by atoms with Gasteiger partial charge in [-0.05, 0) is 62.1 Å². The van der Waals surface area contributed by atoms with Gasteiger partial charge < -0.3 is 14.7 Å². The summed E-state index contributed by atoms with van der Waals surface area (Å²) < 4.78 is 31.9. The van der Waals surface area contributed by atoms with Gasteiger partial charge in [-0.3, -0.25) is 9.59 Å². The lowest BCUT2D eigenvalue weighted by Gasteiger charge is -2.49. The Labute approximate surface area is 228 Å². The Kier molecular flexibility index (Phi) is 9.00. The fraction of sp³-hybridized carbons (Fsp3) is 0.481. The number of benzene rings is 2. The number of hydrogen-bond donors (Lipinski definition) is 1. The highest BCUT2D eigenvalue weighted by Gasteiger charge is 2.49. The predicted molar refractivity (Wildman–Crippen MR) is 145 cm³/mol. The van der Waals surface area contributed by atoms with Gasteiger partial charge in [-0.15, -0.1) is 0 Å². The lowest BCUT2D eigenvalue weighted by molar-refractivity contribution is -0.184. The van der Waals surface area contributed by atoms with Crippen LogP contribution < -0.4 is 0 Å². The lowest BCUT2D eigenvalue weighted by atomic mass is 9.88. The molecule has 3 rings (SSSR count). The number of carboxylic acids is 1. The zero-order chi connectivity index (χ0) is 27.7. The first-order valence-corrected chi connectivity index (χ1v) is 14.5. The summed E-state index contributed by atoms with van der Waals surface area (Å²) >= 11 is 12.4. The van der Waals surface area contributed by atoms with Gasteiger partial charge in [0, 0.05) is 16.1 Å². The number of carboxylic acid groups (broad SMARTS) is 1. The summed E-state index contributed by atoms with van der Waals surface area (Å²) in [6.07, 6.45) is -2.67. The number of sulfone groups is 1. The van der Waals surface area contributed by atoms with E-state index in [9.17, 15) is 23.1 Å². The highest BCUT2D eigenvalue weighted by molar-refractivity contribution is 7.92. The van der Waals surface area contributed by atoms with E-state index in [4.69, 9.17) is 27.9 Å². The Balaban J connectivity index is 2.26. The first kappa shape index (κ1) is 29.4. The minimum absolute atomic E-state index is 0.264. The SMILES string of the molecule is CC(C)C(CS(=O)(=O)C(C)(C)C)N1C(=O)[C@@H](CC(=O)O)OC(c2cccc(Cl)c2)[C@H]1c1ccc(Cl)cc1. The number of amides is 1. The molecule has 0 aliphatic carbocycles. The van der Waals surface area contributed by atoms with Crippen molar-refractivity contribution in [2.75, 3.05) is 5.75 Å². The van der Waals surface area contributed by atoms with E-state index in [1.807, 2.05) is 13.8 Å². The fourth-order valence-electron chi connectivity index (χ4n) is 4.43. The third-order valence-electron chi connectivity index (χ3n) is 6.63. The average molecular weight is 571 g/mol. The van der Waals surface area contributed by atoms with Crippen LogP contribution in [0, 0.1) is 5.92 Å². The smallest absolute Gasteiger partial charge is 0.306 e. The highest BCUT2D eigenvalue weighted by atomic mass is 35.5. The summed E-state index contributed by atoms with van der Waals surface area (Å²) in [6.45, 7) is 8.58. The number of ether oxygens (including phenoxy) is 1. The van der Waals surface area contributed by atoms with Gasteiger partial charge in [0.2, 0.25) is 0 Å². The molecule has 37 heavy (non-hydrogen) atoms. The Morgan fingerprint density at radius 2 is 1.68 bits per heavy atom. The molecule has 0 saturated carbocycles. The van der Waals surface area contributed by atoms with E-state index in [-0.39, 0.29) is 11.7 Å². The van der Waals surface area contributed by atoms with Crippen LogP contribution in [0.15, 0.2) is 48.5 Å². The topological polar surface area (TPSA) is 101 Å². The van der Waals surface area contributed by atoms with Gasteiger partial charge in [0.1, 0.15) is 12.2 Å². The molecular weight excluding hydrogens is 537 g/mol. The number of aliphatic carboxylic acids is 1. The number of carbonyl (C=O) groups is 2. The largest absolute Gasteiger partial charge is 0.481 e. The van der Waals surface area contributed by atoms with Crippen molar-refractivity contribution in [3.05, 3.63) is 69.7 Å². The zero-order valence-electron chi connectivity index (χ0n) is 21.5. The molecule has 7 nitrogen and oxygen atoms in total. The Bertz CT molecular complexity index is 1240. The molecular formula is C27H33Cl2NO6S. The summed E-state index contributed by atoms with van der Waals surface area (Å²) in [4.78, 5) is 27.1. The molecule has 1 heterocycles. The summed E-state index contributed by atoms with van der Waals surface area (Å²) in [5.74, 6) is -2.31. The minimum Gasteiger partial charge on any atom is -0.481 e. The molecule has 1 N–H and O–H groups in total. The molecule has 10 heteroatoms. The van der Waals surface area contributed by atoms with Crippen LogP contribution in [0.4, 0.5) is 0 Å². The molecule has 1 amide bonds. The number of morpholine rings is 1. The number of hydrogen-bond acceptors (Lipinski definition) is 5. The van der Waals surface area contributed by atoms with Crippen LogP contribution in [0.2, 0.25) is 10.0 Å². The van der Waals surface area contributed by atoms with Crippen molar-refractivity contribution in [2.24, 2.45) is 5.92 Å². The Morgan fingerprint density at radius 3 is 2.19 bits per heavy atom. The van der Waals surface area contributed by atoms with Crippen LogP contribution in [-0.2, 0) is 24.2 Å². The molecule has 1 fully saturated rings. The van der Waals surface area contributed by atoms with E-state index >= 15 is 0 Å². The molecule has 1 saturated heterocycles. The van der Waals surface area contributed by atoms with E-state index in [1.54, 1.807) is 69.3 Å². The van der Waals surface area contributed by atoms with Crippen LogP contribution in [0.3, 0.4) is 0 Å². The maximum Gasteiger partial charge on any atom is 0.306 e. The van der Waals surface area contributed by atoms with Crippen molar-refractivity contribution < 1.29 is 27.9 Å². The normalized spacial score (nSPS) is 21.8. The highest BCUT2D eigenvalue weighted by Crippen LogP contribution is 2.45. The van der Waals surface area contributed by atoms with Crippen molar-refractivity contribution in [3.8, 4) is 0 Å². The predicted octanol–water partition coefficient (Wildman–Crippen LogP) is 5.72. The van der Waals surface area contributed by atoms with Gasteiger partial charge >= 0.3 is 5.97 Å². The molecule has 4 atom stereocenters. The van der Waals surface area contributed by atoms with Gasteiger partial charge in [0.25, 0.3) is 5.91 Å². The third-order valence-corrected chi connectivity index (χ3v) is 9.76. The van der Waals surface area contributed by atoms with Crippen molar-refractivity contribution in [1.82, 2.24) is 4.90 Å². The fourth-order valence-corrected chi connectivity index (χ4v) is 6.25. The van der Waals surface area contributed by atoms with E-state index in [0.717, 1.165) is 0 Å². The second kappa shape index (κ2) is 11.3. The van der Waals surface area contributed by atoms with Crippen LogP contribution in [-0.4, -0.2) is 52.9 Å². The summed E-state index contributed by atoms with van der Waals surface area (Å²) in [7, 11) is -3.65. The first-order chi connectivity index (χ1) is 17.1. The number of carbonyl (C=O) groups excluding carboxylic acids is 1. The lowest BCUT2D eigenvalue weighted by Crippen LogP contribution is -2.58. The Hall–Kier alpha value is -2.13. The van der Waals surface area contributed by atoms with Crippen LogP contribution in [0.1, 0.15) is 64.3 Å². The molecule has 202 valence electrons. The van der Waals surface area contributed by atoms with E-state index in [2.05, 4.69) is 0 Å². The maximum atomic E-state index is 13.9. The van der Waals surface area contributed by atoms with E-state index < -0.39 is 57.2 Å². The second-order valence-corrected chi connectivity index (χ2v) is 14.3. The van der Waals surface area contributed by atoms with E-state index in [1.165, 1.54) is 4.90 Å². The monoisotopic (exact) mass is 569 g/mol. The first-order valence-electron chi connectivity index (χ1n) is 12.0. The Morgan fingerprint density at radius 1 is 1.05 bits per heavy atom. The quantitative estimate of drug-likeness (QED) is 0.436. The summed E-state index contributed by atoms with van der Waals surface area (Å²) in [5, 5.41) is 10.5. The van der Waals surface area contributed by atoms with Gasteiger partial charge in [0.05, 0.1) is 23.0 Å². The molecule has 0 radical (unpaired) electrons. The summed E-state index contributed by atoms with van der Waals surface area (Å²) in [5.41, 5.74) is 1.32. The van der Waals surface area contributed by atoms with Gasteiger partial charge in [-0.2, -0.15) is 0 Å². The molecule has 1 aliphatic heterocycles. The molecule has 0 spiro atoms. The van der Waals surface area contributed by atoms with Crippen LogP contribution >= 0.6 is 23.2 Å². The van der Waals surface area contributed by atoms with Crippen molar-refractivity contribution in [3.63, 3.8) is 0 Å². The number of nitrogens with zero attached hydrogens (tertiary/aromatic N) is 1. The molecule has 2 unspecified atom stereocenters. The zero-order valence-corrected chi connectivity index (χ0v) is 23.8. The molecule has 0 bridgehead atoms. The van der Waals surface area contributed by atoms with Crippen molar-refractivity contribution >= 4 is 44.9 Å². The summed E-state index contributed by atoms with van der Waals surface area (Å²) in [6, 6.07) is 12.4. The van der Waals surface area contributed by atoms with Gasteiger partial charge in [-0.1, -0.05) is 61.3 Å². The van der Waals surface area contributed by atoms with Crippen LogP contribution in [0.5, 0.6) is 0 Å². The maximum absolute atomic E-state index is 13.9. The minimum atomic E-state index is -3.65. The molecule has 1 aliphatic rings. The standard InChI is InChI=1S/C27H33Cl2NO6S/c1-16(2)21(15-37(34,35)27(3,4)5)30-24(17-9-11-19(28)12-10-17)25(18-7-6-8-20(29)13-18)36-22(26(30)33)14-23(31)32/h6-13,16,21-22,24-25H,14-15H2,1-5H3,(H,31,32)/t21?,22-,24-,25?/m1/s1. The number of rotatable bonds is 8. The van der Waals surface area contributed by atoms with Crippen molar-refractivity contribution in [2.45, 2.75) is 70.1 Å². The third kappa shape index (κ3) is 6.66. The van der Waals surface area contributed by atoms with Crippen molar-refractivity contribution in [1.29, 1.82) is 0 Å². The second-order valence-electron chi connectivity index (χ2n) is 10.6. The average Bonchev–Trinajstić information content (AvgIpc) is 2.78. The molecule has 0 aromatic heterocycles. The number of halogens is 2. The molecule has 2 aromatic rings. The van der Waals surface area contributed by atoms with Gasteiger partial charge in [0.15, 0.2) is 9.84 Å². The molecule has 2 aromatic carbocycles. The van der Waals surface area contributed by atoms with Gasteiger partial charge in [-0.25, -0.2) is 8.42 Å². The van der Waals surface area contributed by atoms with E-state index in [0.29, 0.717) is 21.2 Å². The van der Waals surface area contributed by atoms with Crippen LogP contribution in [0.25, 0.3) is 0 Å².